The summed E-state index contributed by atoms with van der Waals surface area (Å²) < 4.78 is 5.22. The summed E-state index contributed by atoms with van der Waals surface area (Å²) >= 11 is 0. The van der Waals surface area contributed by atoms with E-state index in [1.165, 1.54) is 0 Å². The van der Waals surface area contributed by atoms with Gasteiger partial charge in [0.1, 0.15) is 0 Å². The topological polar surface area (TPSA) is 29.5 Å². The maximum absolute atomic E-state index is 9.15. The lowest BCUT2D eigenvalue weighted by molar-refractivity contribution is -0.189. The minimum absolute atomic E-state index is 0.207. The molecule has 0 bridgehead atoms. The summed E-state index contributed by atoms with van der Waals surface area (Å²) in [6.45, 7) is 6.34. The fourth-order valence-electron chi connectivity index (χ4n) is 1.42. The van der Waals surface area contributed by atoms with Gasteiger partial charge in [0.25, 0.3) is 0 Å². The molecule has 2 nitrogen and oxygen atoms in total. The number of hydrogen-bond donors (Lipinski definition) is 1. The molecule has 2 unspecified atom stereocenters. The number of ether oxygens (including phenoxy) is 1. The maximum atomic E-state index is 9.15. The normalized spacial score (nSPS) is 49.2. The molecule has 0 amide bonds. The van der Waals surface area contributed by atoms with Gasteiger partial charge in [-0.25, -0.2) is 0 Å². The molecule has 0 spiro atoms. The molecule has 1 fully saturated rings. The number of aliphatic hydroxyl groups excluding tert-OH is 1. The third-order valence-electron chi connectivity index (χ3n) is 2.58. The highest BCUT2D eigenvalue weighted by Crippen LogP contribution is 2.28. The molecule has 0 aliphatic carbocycles. The Balaban J connectivity index is 2.49. The summed E-state index contributed by atoms with van der Waals surface area (Å²) in [4.78, 5) is 0. The van der Waals surface area contributed by atoms with Gasteiger partial charge in [0, 0.05) is 6.42 Å². The molecule has 1 aliphatic heterocycles. The Morgan fingerprint density at radius 2 is 1.90 bits per heavy atom. The molecule has 1 rings (SSSR count). The van der Waals surface area contributed by atoms with Crippen LogP contribution < -0.4 is 0 Å². The van der Waals surface area contributed by atoms with E-state index < -0.39 is 6.29 Å². The van der Waals surface area contributed by atoms with E-state index in [-0.39, 0.29) is 6.10 Å². The van der Waals surface area contributed by atoms with Crippen molar-refractivity contribution in [1.29, 1.82) is 0 Å². The molecule has 0 aromatic rings. The Hall–Kier alpha value is -0.0800. The van der Waals surface area contributed by atoms with Crippen molar-refractivity contribution in [3.8, 4) is 0 Å². The summed E-state index contributed by atoms with van der Waals surface area (Å²) in [5.74, 6) is 1.15. The smallest absolute Gasteiger partial charge is 0.155 e. The minimum Gasteiger partial charge on any atom is -0.368 e. The fraction of sp³-hybridized carbons (Fsp3) is 1.00. The van der Waals surface area contributed by atoms with Crippen LogP contribution in [0.25, 0.3) is 0 Å². The third kappa shape index (κ3) is 1.50. The fourth-order valence-corrected chi connectivity index (χ4v) is 1.42. The van der Waals surface area contributed by atoms with Crippen LogP contribution >= 0.6 is 0 Å². The van der Waals surface area contributed by atoms with Crippen LogP contribution in [-0.4, -0.2) is 17.5 Å². The zero-order valence-corrected chi connectivity index (χ0v) is 6.87. The first kappa shape index (κ1) is 8.02. The molecule has 1 heterocycles. The standard InChI is InChI=1S/C8H16O2/c1-5-4-8(9)10-7(3)6(5)2/h5-9H,4H2,1-3H3/t5-,6-,7?,8?/m1/s1. The summed E-state index contributed by atoms with van der Waals surface area (Å²) in [7, 11) is 0. The molecule has 0 saturated carbocycles. The predicted molar refractivity (Wildman–Crippen MR) is 39.5 cm³/mol. The minimum atomic E-state index is -0.527. The van der Waals surface area contributed by atoms with Crippen LogP contribution in [0.3, 0.4) is 0 Å². The van der Waals surface area contributed by atoms with Crippen LogP contribution in [0.2, 0.25) is 0 Å². The van der Waals surface area contributed by atoms with Crippen molar-refractivity contribution in [3.63, 3.8) is 0 Å². The highest BCUT2D eigenvalue weighted by atomic mass is 16.6. The highest BCUT2D eigenvalue weighted by molar-refractivity contribution is 4.74. The first-order chi connectivity index (χ1) is 4.61. The zero-order valence-electron chi connectivity index (χ0n) is 6.87. The van der Waals surface area contributed by atoms with Gasteiger partial charge < -0.3 is 9.84 Å². The van der Waals surface area contributed by atoms with Crippen molar-refractivity contribution in [2.24, 2.45) is 11.8 Å². The number of hydrogen-bond acceptors (Lipinski definition) is 2. The van der Waals surface area contributed by atoms with Gasteiger partial charge >= 0.3 is 0 Å². The van der Waals surface area contributed by atoms with Crippen LogP contribution in [0, 0.1) is 11.8 Å². The van der Waals surface area contributed by atoms with Gasteiger partial charge in [-0.3, -0.25) is 0 Å². The molecule has 1 saturated heterocycles. The lowest BCUT2D eigenvalue weighted by Gasteiger charge is -2.34. The van der Waals surface area contributed by atoms with E-state index in [2.05, 4.69) is 13.8 Å². The SMILES string of the molecule is CC1OC(O)C[C@@H](C)[C@H]1C. The van der Waals surface area contributed by atoms with Gasteiger partial charge in [0.15, 0.2) is 6.29 Å². The van der Waals surface area contributed by atoms with Gasteiger partial charge in [-0.2, -0.15) is 0 Å². The summed E-state index contributed by atoms with van der Waals surface area (Å²) in [6, 6.07) is 0. The Bertz CT molecular complexity index is 102. The van der Waals surface area contributed by atoms with E-state index in [9.17, 15) is 0 Å². The van der Waals surface area contributed by atoms with Crippen molar-refractivity contribution in [2.75, 3.05) is 0 Å². The average molecular weight is 144 g/mol. The van der Waals surface area contributed by atoms with Crippen LogP contribution in [-0.2, 0) is 4.74 Å². The second-order valence-electron chi connectivity index (χ2n) is 3.37. The first-order valence-electron chi connectivity index (χ1n) is 3.94. The van der Waals surface area contributed by atoms with Crippen molar-refractivity contribution in [2.45, 2.75) is 39.6 Å². The van der Waals surface area contributed by atoms with Gasteiger partial charge in [0.05, 0.1) is 6.10 Å². The van der Waals surface area contributed by atoms with Crippen LogP contribution in [0.1, 0.15) is 27.2 Å². The van der Waals surface area contributed by atoms with Gasteiger partial charge in [-0.05, 0) is 18.8 Å². The Morgan fingerprint density at radius 3 is 2.40 bits per heavy atom. The first-order valence-corrected chi connectivity index (χ1v) is 3.94. The third-order valence-corrected chi connectivity index (χ3v) is 2.58. The van der Waals surface area contributed by atoms with Gasteiger partial charge in [-0.1, -0.05) is 13.8 Å². The molecule has 2 heteroatoms. The van der Waals surface area contributed by atoms with Crippen molar-refractivity contribution >= 4 is 0 Å². The molecule has 60 valence electrons. The summed E-state index contributed by atoms with van der Waals surface area (Å²) in [6.07, 6.45) is 0.464. The summed E-state index contributed by atoms with van der Waals surface area (Å²) in [5.41, 5.74) is 0. The van der Waals surface area contributed by atoms with Crippen LogP contribution in [0.5, 0.6) is 0 Å². The Kier molecular flexibility index (Phi) is 2.32. The molecule has 1 aliphatic rings. The van der Waals surface area contributed by atoms with Crippen molar-refractivity contribution < 1.29 is 9.84 Å². The molecule has 1 N–H and O–H groups in total. The monoisotopic (exact) mass is 144 g/mol. The maximum Gasteiger partial charge on any atom is 0.155 e. The number of rotatable bonds is 0. The molecule has 10 heavy (non-hydrogen) atoms. The van der Waals surface area contributed by atoms with Gasteiger partial charge in [0.2, 0.25) is 0 Å². The van der Waals surface area contributed by atoms with E-state index in [4.69, 9.17) is 9.84 Å². The molecule has 0 radical (unpaired) electrons. The lowest BCUT2D eigenvalue weighted by Crippen LogP contribution is -2.36. The number of aliphatic hydroxyl groups is 1. The molecule has 0 aromatic carbocycles. The Morgan fingerprint density at radius 1 is 1.30 bits per heavy atom. The Labute approximate surface area is 62.2 Å². The quantitative estimate of drug-likeness (QED) is 0.556. The summed E-state index contributed by atoms with van der Waals surface area (Å²) in [5, 5.41) is 9.15. The van der Waals surface area contributed by atoms with Crippen LogP contribution in [0.15, 0.2) is 0 Å². The van der Waals surface area contributed by atoms with Crippen molar-refractivity contribution in [1.82, 2.24) is 0 Å². The predicted octanol–water partition coefficient (Wildman–Crippen LogP) is 1.39. The zero-order chi connectivity index (χ0) is 7.72. The van der Waals surface area contributed by atoms with Crippen LogP contribution in [0.4, 0.5) is 0 Å². The van der Waals surface area contributed by atoms with E-state index in [0.717, 1.165) is 6.42 Å². The lowest BCUT2D eigenvalue weighted by atomic mass is 9.86. The highest BCUT2D eigenvalue weighted by Gasteiger charge is 2.29. The molecule has 4 atom stereocenters. The van der Waals surface area contributed by atoms with E-state index in [0.29, 0.717) is 11.8 Å². The molecular weight excluding hydrogens is 128 g/mol. The van der Waals surface area contributed by atoms with E-state index >= 15 is 0 Å². The molecular formula is C8H16O2. The van der Waals surface area contributed by atoms with E-state index in [1.54, 1.807) is 0 Å². The molecule has 0 aromatic heterocycles. The van der Waals surface area contributed by atoms with E-state index in [1.807, 2.05) is 6.92 Å². The average Bonchev–Trinajstić information content (AvgIpc) is 1.82. The van der Waals surface area contributed by atoms with Gasteiger partial charge in [-0.15, -0.1) is 0 Å². The van der Waals surface area contributed by atoms with Crippen molar-refractivity contribution in [3.05, 3.63) is 0 Å². The second-order valence-corrected chi connectivity index (χ2v) is 3.37. The largest absolute Gasteiger partial charge is 0.368 e. The second kappa shape index (κ2) is 2.89.